The first-order chi connectivity index (χ1) is 33.8. The van der Waals surface area contributed by atoms with Gasteiger partial charge in [0, 0.05) is 22.5 Å². The Hall–Kier alpha value is -2.56. The van der Waals surface area contributed by atoms with E-state index in [4.69, 9.17) is 27.7 Å². The smallest absolute Gasteiger partial charge is 0.150 e. The zero-order valence-electron chi connectivity index (χ0n) is 47.2. The lowest BCUT2D eigenvalue weighted by Gasteiger charge is -2.61. The highest BCUT2D eigenvalue weighted by atomic mass is 16.5. The van der Waals surface area contributed by atoms with Gasteiger partial charge in [0.1, 0.15) is 0 Å². The van der Waals surface area contributed by atoms with Crippen molar-refractivity contribution in [2.75, 3.05) is 22.9 Å². The van der Waals surface area contributed by atoms with Crippen LogP contribution in [0.15, 0.2) is 24.3 Å². The third-order valence-electron chi connectivity index (χ3n) is 25.3. The minimum absolute atomic E-state index is 0.353. The number of ether oxygens (including phenoxy) is 1. The van der Waals surface area contributed by atoms with Crippen LogP contribution in [-0.2, 0) is 0 Å². The Labute approximate surface area is 435 Å². The molecule has 10 rings (SSSR count). The molecule has 8 N–H and O–H groups in total. The summed E-state index contributed by atoms with van der Waals surface area (Å²) in [6.07, 6.45) is 32.9. The average molecular weight is 972 g/mol. The molecule has 0 spiro atoms. The summed E-state index contributed by atoms with van der Waals surface area (Å²) in [7, 11) is 0. The van der Waals surface area contributed by atoms with Crippen molar-refractivity contribution in [3.05, 3.63) is 35.4 Å². The quantitative estimate of drug-likeness (QED) is 0.141. The van der Waals surface area contributed by atoms with Crippen molar-refractivity contribution >= 4 is 22.7 Å². The van der Waals surface area contributed by atoms with E-state index in [1.54, 1.807) is 0 Å². The van der Waals surface area contributed by atoms with Crippen molar-refractivity contribution in [2.45, 2.75) is 235 Å². The van der Waals surface area contributed by atoms with Crippen molar-refractivity contribution in [1.29, 1.82) is 0 Å². The van der Waals surface area contributed by atoms with Crippen LogP contribution in [0.4, 0.5) is 22.7 Å². The maximum atomic E-state index is 7.25. The van der Waals surface area contributed by atoms with Gasteiger partial charge in [-0.05, 0) is 256 Å². The first-order valence-electron chi connectivity index (χ1n) is 30.8. The molecule has 5 heteroatoms. The summed E-state index contributed by atoms with van der Waals surface area (Å²) < 4.78 is 6.86. The van der Waals surface area contributed by atoms with Gasteiger partial charge in [0.15, 0.2) is 11.5 Å². The molecule has 0 heterocycles. The fraction of sp³-hybridized carbons (Fsp3) is 0.818. The molecule has 8 saturated carbocycles. The molecule has 8 aliphatic rings. The summed E-state index contributed by atoms with van der Waals surface area (Å²) >= 11 is 0. The van der Waals surface area contributed by atoms with Crippen molar-refractivity contribution in [3.63, 3.8) is 0 Å². The van der Waals surface area contributed by atoms with Crippen molar-refractivity contribution < 1.29 is 4.74 Å². The zero-order chi connectivity index (χ0) is 50.4. The normalized spacial score (nSPS) is 41.6. The number of anilines is 4. The summed E-state index contributed by atoms with van der Waals surface area (Å²) in [5, 5.41) is 0. The van der Waals surface area contributed by atoms with Gasteiger partial charge in [-0.25, -0.2) is 0 Å². The predicted molar refractivity (Wildman–Crippen MR) is 302 cm³/mol. The molecule has 0 aromatic heterocycles. The molecule has 5 nitrogen and oxygen atoms in total. The van der Waals surface area contributed by atoms with E-state index in [0.29, 0.717) is 56.4 Å². The van der Waals surface area contributed by atoms with Crippen molar-refractivity contribution in [2.24, 2.45) is 105 Å². The van der Waals surface area contributed by atoms with Crippen LogP contribution in [0.3, 0.4) is 0 Å². The number of nitrogen functional groups attached to an aromatic ring is 4. The fourth-order valence-corrected chi connectivity index (χ4v) is 21.6. The van der Waals surface area contributed by atoms with E-state index in [0.717, 1.165) is 118 Å². The lowest BCUT2D eigenvalue weighted by atomic mass is 9.43. The molecule has 0 saturated heterocycles. The van der Waals surface area contributed by atoms with Crippen molar-refractivity contribution in [3.8, 4) is 11.5 Å². The SMILES string of the molecule is CC(C)CCC[C@@H](C)[C@H]1CC[C@H]2[C@@H]3CCC4CC(c5c(N)ccc(Oc6ccc(N)c(C7CC[C@@]8(C)C(CC[C@H]9[C@@H]%10CC[C@H]([C@H](C)CCCC(C)C)[C@@]%10(C)CC[C@@H]98)C7)c6N)c5N)CC[C@]4(C)[C@H]3CC[C@]12C. The molecule has 0 radical (unpaired) electrons. The second-order valence-corrected chi connectivity index (χ2v) is 29.4. The highest BCUT2D eigenvalue weighted by Gasteiger charge is 2.62. The second kappa shape index (κ2) is 19.9. The number of rotatable bonds is 14. The van der Waals surface area contributed by atoms with E-state index in [9.17, 15) is 0 Å². The monoisotopic (exact) mass is 971 g/mol. The summed E-state index contributed by atoms with van der Waals surface area (Å²) in [5.74, 6) is 14.1. The zero-order valence-corrected chi connectivity index (χ0v) is 47.2. The molecule has 0 amide bonds. The molecule has 4 unspecified atom stereocenters. The topological polar surface area (TPSA) is 113 Å². The van der Waals surface area contributed by atoms with Crippen LogP contribution in [0.2, 0.25) is 0 Å². The second-order valence-electron chi connectivity index (χ2n) is 29.4. The van der Waals surface area contributed by atoms with E-state index >= 15 is 0 Å². The van der Waals surface area contributed by atoms with Gasteiger partial charge in [0.2, 0.25) is 0 Å². The van der Waals surface area contributed by atoms with E-state index in [1.165, 1.54) is 141 Å². The Bertz CT molecular complexity index is 2050. The number of benzene rings is 2. The van der Waals surface area contributed by atoms with E-state index in [2.05, 4.69) is 81.4 Å². The average Bonchev–Trinajstić information content (AvgIpc) is 3.87. The van der Waals surface area contributed by atoms with Gasteiger partial charge in [-0.2, -0.15) is 0 Å². The molecule has 18 atom stereocenters. The van der Waals surface area contributed by atoms with Gasteiger partial charge in [-0.1, -0.05) is 108 Å². The first-order valence-corrected chi connectivity index (χ1v) is 30.8. The number of hydrogen-bond acceptors (Lipinski definition) is 5. The molecule has 0 bridgehead atoms. The molecular formula is C66H106N4O. The van der Waals surface area contributed by atoms with Gasteiger partial charge in [-0.3, -0.25) is 0 Å². The molecule has 2 aromatic rings. The van der Waals surface area contributed by atoms with Gasteiger partial charge >= 0.3 is 0 Å². The van der Waals surface area contributed by atoms with Crippen LogP contribution in [0.25, 0.3) is 0 Å². The summed E-state index contributed by atoms with van der Waals surface area (Å²) in [5.41, 5.74) is 35.6. The van der Waals surface area contributed by atoms with Gasteiger partial charge in [0.05, 0.1) is 11.4 Å². The summed E-state index contributed by atoms with van der Waals surface area (Å²) in [6, 6.07) is 8.07. The van der Waals surface area contributed by atoms with Gasteiger partial charge in [0.25, 0.3) is 0 Å². The van der Waals surface area contributed by atoms with Crippen LogP contribution in [-0.4, -0.2) is 0 Å². The van der Waals surface area contributed by atoms with Crippen molar-refractivity contribution in [1.82, 2.24) is 0 Å². The molecule has 8 fully saturated rings. The Balaban J connectivity index is 0.793. The first kappa shape index (κ1) is 51.9. The minimum atomic E-state index is 0.353. The molecule has 2 aromatic carbocycles. The lowest BCUT2D eigenvalue weighted by molar-refractivity contribution is -0.117. The highest BCUT2D eigenvalue weighted by Crippen LogP contribution is 2.71. The maximum Gasteiger partial charge on any atom is 0.150 e. The third-order valence-corrected chi connectivity index (χ3v) is 25.3. The van der Waals surface area contributed by atoms with Crippen LogP contribution in [0, 0.1) is 105 Å². The fourth-order valence-electron chi connectivity index (χ4n) is 21.6. The Morgan fingerprint density at radius 1 is 0.451 bits per heavy atom. The molecular weight excluding hydrogens is 865 g/mol. The molecule has 396 valence electrons. The van der Waals surface area contributed by atoms with Crippen LogP contribution in [0.5, 0.6) is 11.5 Å². The van der Waals surface area contributed by atoms with Gasteiger partial charge < -0.3 is 27.7 Å². The Morgan fingerprint density at radius 3 is 1.23 bits per heavy atom. The van der Waals surface area contributed by atoms with E-state index in [1.807, 2.05) is 12.1 Å². The summed E-state index contributed by atoms with van der Waals surface area (Å²) in [4.78, 5) is 0. The summed E-state index contributed by atoms with van der Waals surface area (Å²) in [6.45, 7) is 25.7. The third kappa shape index (κ3) is 8.97. The standard InChI is InChI=1S/C66H106N4O/c1-39(2)13-11-15-41(5)49-21-23-51-47-19-17-45-37-43(29-33-63(45,7)53(47)31-35-65(49,51)9)59-55(67)25-27-57(61(59)69)71-58-28-26-56(68)60(62(58)70)44-30-34-64(8)46(38-44)18-20-48-52-24-22-50(42(6)16-12-14-40(3)4)66(52,10)36-32-54(48)64/h25-28,39-54H,11-24,29-38,67-70H2,1-10H3/t41-,42-,43?,44?,45?,46?,47+,48+,49-,50-,51+,52+,53+,54+,63+,64+,65-,66-/m1/s1. The minimum Gasteiger partial charge on any atom is -0.453 e. The van der Waals surface area contributed by atoms with Crippen LogP contribution in [0.1, 0.15) is 246 Å². The highest BCUT2D eigenvalue weighted by molar-refractivity contribution is 5.74. The predicted octanol–water partition coefficient (Wildman–Crippen LogP) is 18.2. The Morgan fingerprint density at radius 2 is 0.831 bits per heavy atom. The number of hydrogen-bond donors (Lipinski definition) is 4. The molecule has 8 aliphatic carbocycles. The lowest BCUT2D eigenvalue weighted by Crippen LogP contribution is -2.53. The van der Waals surface area contributed by atoms with E-state index in [-0.39, 0.29) is 0 Å². The van der Waals surface area contributed by atoms with Crippen LogP contribution >= 0.6 is 0 Å². The molecule has 0 aliphatic heterocycles. The largest absolute Gasteiger partial charge is 0.453 e. The maximum absolute atomic E-state index is 7.25. The van der Waals surface area contributed by atoms with E-state index < -0.39 is 0 Å². The number of fused-ring (bicyclic) bond motifs is 10. The number of nitrogens with two attached hydrogens (primary N) is 4. The van der Waals surface area contributed by atoms with Crippen LogP contribution < -0.4 is 27.7 Å². The Kier molecular flexibility index (Phi) is 14.5. The van der Waals surface area contributed by atoms with Gasteiger partial charge in [-0.15, -0.1) is 0 Å². The molecule has 71 heavy (non-hydrogen) atoms.